The number of ether oxygens (including phenoxy) is 3. The molecule has 1 atom stereocenters. The highest BCUT2D eigenvalue weighted by atomic mass is 35.5. The van der Waals surface area contributed by atoms with E-state index < -0.39 is 0 Å². The van der Waals surface area contributed by atoms with Gasteiger partial charge >= 0.3 is 6.09 Å². The monoisotopic (exact) mass is 395 g/mol. The topological polar surface area (TPSA) is 48.0 Å². The van der Waals surface area contributed by atoms with E-state index in [0.29, 0.717) is 16.5 Å². The molecule has 0 saturated carbocycles. The molecule has 3 aromatic rings. The number of hydrogen-bond acceptors (Lipinski definition) is 4. The molecule has 1 fully saturated rings. The van der Waals surface area contributed by atoms with Crippen molar-refractivity contribution in [1.29, 1.82) is 0 Å². The number of methoxy groups -OCH3 is 1. The smallest absolute Gasteiger partial charge is 0.415 e. The molecule has 1 unspecified atom stereocenters. The van der Waals surface area contributed by atoms with E-state index in [-0.39, 0.29) is 18.7 Å². The third-order valence-electron chi connectivity index (χ3n) is 4.52. The van der Waals surface area contributed by atoms with Gasteiger partial charge in [-0.2, -0.15) is 0 Å². The molecule has 1 saturated heterocycles. The molecule has 5 nitrogen and oxygen atoms in total. The van der Waals surface area contributed by atoms with Gasteiger partial charge in [0.15, 0.2) is 0 Å². The minimum Gasteiger partial charge on any atom is -0.497 e. The number of hydrogen-bond donors (Lipinski definition) is 0. The van der Waals surface area contributed by atoms with Gasteiger partial charge in [-0.05, 0) is 66.2 Å². The zero-order valence-corrected chi connectivity index (χ0v) is 15.9. The largest absolute Gasteiger partial charge is 0.497 e. The predicted molar refractivity (Wildman–Crippen MR) is 108 cm³/mol. The third kappa shape index (κ3) is 3.75. The molecule has 0 bridgehead atoms. The maximum absolute atomic E-state index is 12.3. The fourth-order valence-electron chi connectivity index (χ4n) is 3.11. The lowest BCUT2D eigenvalue weighted by atomic mass is 10.1. The van der Waals surface area contributed by atoms with Crippen LogP contribution in [0.4, 0.5) is 10.5 Å². The van der Waals surface area contributed by atoms with E-state index in [1.807, 2.05) is 48.5 Å². The summed E-state index contributed by atoms with van der Waals surface area (Å²) in [6.07, 6.45) is -0.376. The molecule has 1 aliphatic rings. The molecule has 1 heterocycles. The number of carbonyl (C=O) groups excluding carboxylic acids is 1. The quantitative estimate of drug-likeness (QED) is 0.544. The number of amides is 1. The molecule has 28 heavy (non-hydrogen) atoms. The third-order valence-corrected chi connectivity index (χ3v) is 4.77. The van der Waals surface area contributed by atoms with Crippen LogP contribution in [0.15, 0.2) is 72.8 Å². The molecular weight excluding hydrogens is 378 g/mol. The average molecular weight is 396 g/mol. The summed E-state index contributed by atoms with van der Waals surface area (Å²) in [5.41, 5.74) is 1.69. The Morgan fingerprint density at radius 2 is 1.64 bits per heavy atom. The Labute approximate surface area is 168 Å². The van der Waals surface area contributed by atoms with Crippen molar-refractivity contribution in [2.24, 2.45) is 0 Å². The molecule has 3 aromatic carbocycles. The lowest BCUT2D eigenvalue weighted by Gasteiger charge is -2.22. The van der Waals surface area contributed by atoms with Gasteiger partial charge in [0.2, 0.25) is 0 Å². The van der Waals surface area contributed by atoms with E-state index in [1.165, 1.54) is 0 Å². The summed E-state index contributed by atoms with van der Waals surface area (Å²) < 4.78 is 16.4. The van der Waals surface area contributed by atoms with Crippen LogP contribution in [0.3, 0.4) is 0 Å². The highest BCUT2D eigenvalue weighted by Crippen LogP contribution is 2.35. The van der Waals surface area contributed by atoms with Crippen molar-refractivity contribution in [3.8, 4) is 17.2 Å². The number of anilines is 1. The van der Waals surface area contributed by atoms with Gasteiger partial charge in [0.05, 0.1) is 13.2 Å². The van der Waals surface area contributed by atoms with Gasteiger partial charge in [0, 0.05) is 10.7 Å². The Hall–Kier alpha value is -3.18. The molecule has 4 rings (SSSR count). The van der Waals surface area contributed by atoms with Gasteiger partial charge in [0.25, 0.3) is 0 Å². The fraction of sp³-hybridized carbons (Fsp3) is 0.136. The van der Waals surface area contributed by atoms with E-state index >= 15 is 0 Å². The van der Waals surface area contributed by atoms with Gasteiger partial charge in [-0.1, -0.05) is 23.7 Å². The van der Waals surface area contributed by atoms with Crippen LogP contribution in [-0.2, 0) is 4.74 Å². The Balaban J connectivity index is 1.56. The summed E-state index contributed by atoms with van der Waals surface area (Å²) in [4.78, 5) is 14.0. The van der Waals surface area contributed by atoms with Crippen LogP contribution in [0.25, 0.3) is 0 Å². The highest BCUT2D eigenvalue weighted by molar-refractivity contribution is 6.30. The first kappa shape index (κ1) is 18.2. The van der Waals surface area contributed by atoms with Gasteiger partial charge in [-0.25, -0.2) is 4.79 Å². The molecule has 0 aliphatic carbocycles. The van der Waals surface area contributed by atoms with Gasteiger partial charge in [-0.3, -0.25) is 4.90 Å². The number of cyclic esters (lactones) is 1. The summed E-state index contributed by atoms with van der Waals surface area (Å²) in [5.74, 6) is 2.09. The van der Waals surface area contributed by atoms with Crippen molar-refractivity contribution >= 4 is 23.4 Å². The number of carbonyl (C=O) groups is 1. The number of nitrogens with zero attached hydrogens (tertiary/aromatic N) is 1. The summed E-state index contributed by atoms with van der Waals surface area (Å²) >= 11 is 5.89. The van der Waals surface area contributed by atoms with Crippen LogP contribution in [0.1, 0.15) is 11.6 Å². The van der Waals surface area contributed by atoms with Crippen LogP contribution >= 0.6 is 11.6 Å². The van der Waals surface area contributed by atoms with Crippen molar-refractivity contribution in [3.05, 3.63) is 83.4 Å². The van der Waals surface area contributed by atoms with Crippen LogP contribution < -0.4 is 14.4 Å². The second kappa shape index (κ2) is 7.82. The first-order valence-corrected chi connectivity index (χ1v) is 9.15. The van der Waals surface area contributed by atoms with E-state index in [0.717, 1.165) is 17.0 Å². The first-order valence-electron chi connectivity index (χ1n) is 8.77. The van der Waals surface area contributed by atoms with E-state index in [4.69, 9.17) is 25.8 Å². The Morgan fingerprint density at radius 3 is 2.32 bits per heavy atom. The molecule has 0 aromatic heterocycles. The maximum atomic E-state index is 12.3. The summed E-state index contributed by atoms with van der Waals surface area (Å²) in [7, 11) is 1.62. The molecule has 0 spiro atoms. The maximum Gasteiger partial charge on any atom is 0.415 e. The lowest BCUT2D eigenvalue weighted by Crippen LogP contribution is -2.27. The molecule has 6 heteroatoms. The number of benzene rings is 3. The van der Waals surface area contributed by atoms with Gasteiger partial charge in [0.1, 0.15) is 23.9 Å². The van der Waals surface area contributed by atoms with E-state index in [1.54, 1.807) is 36.3 Å². The Bertz CT molecular complexity index is 973. The van der Waals surface area contributed by atoms with Crippen LogP contribution in [-0.4, -0.2) is 19.8 Å². The van der Waals surface area contributed by atoms with Crippen molar-refractivity contribution in [2.75, 3.05) is 18.6 Å². The second-order valence-electron chi connectivity index (χ2n) is 6.29. The predicted octanol–water partition coefficient (Wildman–Crippen LogP) is 5.84. The lowest BCUT2D eigenvalue weighted by molar-refractivity contribution is 0.179. The van der Waals surface area contributed by atoms with E-state index in [2.05, 4.69) is 0 Å². The Morgan fingerprint density at radius 1 is 0.964 bits per heavy atom. The minimum absolute atomic E-state index is 0.217. The van der Waals surface area contributed by atoms with Crippen molar-refractivity contribution in [3.63, 3.8) is 0 Å². The zero-order valence-electron chi connectivity index (χ0n) is 15.2. The van der Waals surface area contributed by atoms with Crippen molar-refractivity contribution < 1.29 is 19.0 Å². The Kier molecular flexibility index (Phi) is 5.08. The van der Waals surface area contributed by atoms with Gasteiger partial charge < -0.3 is 14.2 Å². The number of halogens is 1. The number of rotatable bonds is 5. The second-order valence-corrected chi connectivity index (χ2v) is 6.73. The minimum atomic E-state index is -0.376. The average Bonchev–Trinajstić information content (AvgIpc) is 3.12. The molecule has 142 valence electrons. The van der Waals surface area contributed by atoms with Crippen molar-refractivity contribution in [2.45, 2.75) is 6.04 Å². The standard InChI is InChI=1S/C22H18ClNO4/c1-26-20-4-2-3-15(13-20)21-14-27-22(25)24(21)17-7-11-19(12-8-17)28-18-9-5-16(23)6-10-18/h2-13,21H,14H2,1H3. The highest BCUT2D eigenvalue weighted by Gasteiger charge is 2.35. The SMILES string of the molecule is COc1cccc(C2COC(=O)N2c2ccc(Oc3ccc(Cl)cc3)cc2)c1. The fourth-order valence-corrected chi connectivity index (χ4v) is 3.24. The first-order chi connectivity index (χ1) is 13.6. The zero-order chi connectivity index (χ0) is 19.5. The molecular formula is C22H18ClNO4. The normalized spacial score (nSPS) is 16.0. The van der Waals surface area contributed by atoms with Crippen LogP contribution in [0.2, 0.25) is 5.02 Å². The van der Waals surface area contributed by atoms with Gasteiger partial charge in [-0.15, -0.1) is 0 Å². The summed E-state index contributed by atoms with van der Waals surface area (Å²) in [6.45, 7) is 0.287. The van der Waals surface area contributed by atoms with Crippen molar-refractivity contribution in [1.82, 2.24) is 0 Å². The summed E-state index contributed by atoms with van der Waals surface area (Å²) in [5, 5.41) is 0.652. The summed E-state index contributed by atoms with van der Waals surface area (Å²) in [6, 6.07) is 21.9. The van der Waals surface area contributed by atoms with Crippen LogP contribution in [0, 0.1) is 0 Å². The molecule has 0 radical (unpaired) electrons. The van der Waals surface area contributed by atoms with E-state index in [9.17, 15) is 4.79 Å². The molecule has 1 aliphatic heterocycles. The van der Waals surface area contributed by atoms with Crippen LogP contribution in [0.5, 0.6) is 17.2 Å². The molecule has 0 N–H and O–H groups in total. The molecule has 1 amide bonds.